The number of carbonyl (C=O) groups excluding carboxylic acids is 2. The summed E-state index contributed by atoms with van der Waals surface area (Å²) in [5.41, 5.74) is 1.60. The van der Waals surface area contributed by atoms with Gasteiger partial charge in [-0.3, -0.25) is 9.59 Å². The quantitative estimate of drug-likeness (QED) is 0.860. The Labute approximate surface area is 134 Å². The summed E-state index contributed by atoms with van der Waals surface area (Å²) in [4.78, 5) is 25.5. The van der Waals surface area contributed by atoms with E-state index in [9.17, 15) is 9.59 Å². The van der Waals surface area contributed by atoms with E-state index in [0.29, 0.717) is 17.3 Å². The maximum atomic E-state index is 12.1. The van der Waals surface area contributed by atoms with Gasteiger partial charge in [-0.1, -0.05) is 48.0 Å². The van der Waals surface area contributed by atoms with Crippen LogP contribution < -0.4 is 5.32 Å². The second kappa shape index (κ2) is 7.61. The lowest BCUT2D eigenvalue weighted by Gasteiger charge is -2.17. The van der Waals surface area contributed by atoms with Crippen molar-refractivity contribution in [1.29, 1.82) is 0 Å². The number of benzene rings is 2. The van der Waals surface area contributed by atoms with Crippen LogP contribution in [0.4, 0.5) is 5.69 Å². The van der Waals surface area contributed by atoms with Crippen molar-refractivity contribution < 1.29 is 9.59 Å². The molecule has 0 aromatic heterocycles. The molecule has 0 aliphatic carbocycles. The van der Waals surface area contributed by atoms with Gasteiger partial charge in [0.15, 0.2) is 0 Å². The molecule has 0 radical (unpaired) electrons. The molecule has 2 aromatic rings. The number of amides is 2. The molecule has 2 rings (SSSR count). The summed E-state index contributed by atoms with van der Waals surface area (Å²) < 4.78 is 0. The number of carbonyl (C=O) groups is 2. The zero-order chi connectivity index (χ0) is 15.9. The highest BCUT2D eigenvalue weighted by molar-refractivity contribution is 6.30. The Bertz CT molecular complexity index is 659. The molecule has 4 nitrogen and oxygen atoms in total. The molecule has 2 aromatic carbocycles. The number of nitrogens with zero attached hydrogens (tertiary/aromatic N) is 1. The number of anilines is 1. The molecule has 0 aliphatic heterocycles. The van der Waals surface area contributed by atoms with Crippen LogP contribution in [0.1, 0.15) is 12.0 Å². The standard InChI is InChI=1S/C17H17ClN2O2/c1-20(12-13-6-3-2-4-7-13)17(22)11-16(21)19-15-9-5-8-14(18)10-15/h2-10H,11-12H2,1H3,(H,19,21). The predicted octanol–water partition coefficient (Wildman–Crippen LogP) is 3.33. The van der Waals surface area contributed by atoms with Crippen molar-refractivity contribution in [3.8, 4) is 0 Å². The maximum absolute atomic E-state index is 12.1. The minimum absolute atomic E-state index is 0.199. The average molecular weight is 317 g/mol. The van der Waals surface area contributed by atoms with Gasteiger partial charge < -0.3 is 10.2 Å². The second-order valence-electron chi connectivity index (χ2n) is 4.97. The number of hydrogen-bond acceptors (Lipinski definition) is 2. The fourth-order valence-electron chi connectivity index (χ4n) is 1.99. The molecule has 1 N–H and O–H groups in total. The fraction of sp³-hybridized carbons (Fsp3) is 0.176. The van der Waals surface area contributed by atoms with Gasteiger partial charge in [0.1, 0.15) is 6.42 Å². The molecule has 0 unspecified atom stereocenters. The molecule has 0 fully saturated rings. The Morgan fingerprint density at radius 1 is 1.09 bits per heavy atom. The van der Waals surface area contributed by atoms with E-state index in [4.69, 9.17) is 11.6 Å². The summed E-state index contributed by atoms with van der Waals surface area (Å²) in [6.45, 7) is 0.476. The smallest absolute Gasteiger partial charge is 0.233 e. The fourth-order valence-corrected chi connectivity index (χ4v) is 2.18. The van der Waals surface area contributed by atoms with Crippen LogP contribution in [0.3, 0.4) is 0 Å². The summed E-state index contributed by atoms with van der Waals surface area (Å²) in [5.74, 6) is -0.587. The van der Waals surface area contributed by atoms with E-state index in [2.05, 4.69) is 5.32 Å². The Morgan fingerprint density at radius 2 is 1.82 bits per heavy atom. The normalized spacial score (nSPS) is 10.1. The van der Waals surface area contributed by atoms with Gasteiger partial charge in [-0.05, 0) is 23.8 Å². The van der Waals surface area contributed by atoms with E-state index in [1.54, 1.807) is 31.3 Å². The van der Waals surface area contributed by atoms with Crippen LogP contribution in [0.15, 0.2) is 54.6 Å². The molecule has 22 heavy (non-hydrogen) atoms. The van der Waals surface area contributed by atoms with Crippen molar-refractivity contribution in [3.05, 3.63) is 65.2 Å². The van der Waals surface area contributed by atoms with Crippen molar-refractivity contribution in [3.63, 3.8) is 0 Å². The van der Waals surface area contributed by atoms with E-state index in [0.717, 1.165) is 5.56 Å². The van der Waals surface area contributed by atoms with Gasteiger partial charge in [0.05, 0.1) is 0 Å². The first-order chi connectivity index (χ1) is 10.5. The molecule has 0 bridgehead atoms. The summed E-state index contributed by atoms with van der Waals surface area (Å²) in [6.07, 6.45) is -0.199. The zero-order valence-corrected chi connectivity index (χ0v) is 13.0. The molecule has 5 heteroatoms. The van der Waals surface area contributed by atoms with E-state index >= 15 is 0 Å². The van der Waals surface area contributed by atoms with Gasteiger partial charge in [0, 0.05) is 24.3 Å². The van der Waals surface area contributed by atoms with Gasteiger partial charge >= 0.3 is 0 Å². The molecule has 114 valence electrons. The monoisotopic (exact) mass is 316 g/mol. The second-order valence-corrected chi connectivity index (χ2v) is 5.41. The van der Waals surface area contributed by atoms with E-state index in [1.165, 1.54) is 4.90 Å². The third-order valence-electron chi connectivity index (χ3n) is 3.11. The predicted molar refractivity (Wildman–Crippen MR) is 87.6 cm³/mol. The van der Waals surface area contributed by atoms with Gasteiger partial charge in [-0.25, -0.2) is 0 Å². The third kappa shape index (κ3) is 4.90. The van der Waals surface area contributed by atoms with E-state index < -0.39 is 0 Å². The third-order valence-corrected chi connectivity index (χ3v) is 3.34. The van der Waals surface area contributed by atoms with Gasteiger partial charge in [-0.15, -0.1) is 0 Å². The topological polar surface area (TPSA) is 49.4 Å². The molecule has 0 atom stereocenters. The summed E-state index contributed by atoms with van der Waals surface area (Å²) in [5, 5.41) is 3.19. The van der Waals surface area contributed by atoms with Crippen LogP contribution in [0.2, 0.25) is 5.02 Å². The minimum Gasteiger partial charge on any atom is -0.341 e. The Morgan fingerprint density at radius 3 is 2.50 bits per heavy atom. The van der Waals surface area contributed by atoms with Crippen molar-refractivity contribution in [2.45, 2.75) is 13.0 Å². The number of rotatable bonds is 5. The highest BCUT2D eigenvalue weighted by Gasteiger charge is 2.14. The van der Waals surface area contributed by atoms with Crippen molar-refractivity contribution in [2.24, 2.45) is 0 Å². The van der Waals surface area contributed by atoms with E-state index in [-0.39, 0.29) is 18.2 Å². The minimum atomic E-state index is -0.354. The largest absolute Gasteiger partial charge is 0.341 e. The van der Waals surface area contributed by atoms with Crippen LogP contribution in [0.5, 0.6) is 0 Å². The molecule has 2 amide bonds. The average Bonchev–Trinajstić information content (AvgIpc) is 2.48. The zero-order valence-electron chi connectivity index (χ0n) is 12.3. The molecule has 0 aliphatic rings. The summed E-state index contributed by atoms with van der Waals surface area (Å²) in [6, 6.07) is 16.4. The highest BCUT2D eigenvalue weighted by Crippen LogP contribution is 2.15. The molecule has 0 saturated carbocycles. The van der Waals surface area contributed by atoms with Crippen LogP contribution in [0.25, 0.3) is 0 Å². The SMILES string of the molecule is CN(Cc1ccccc1)C(=O)CC(=O)Nc1cccc(Cl)c1. The van der Waals surface area contributed by atoms with Gasteiger partial charge in [-0.2, -0.15) is 0 Å². The first-order valence-corrected chi connectivity index (χ1v) is 7.25. The maximum Gasteiger partial charge on any atom is 0.233 e. The van der Waals surface area contributed by atoms with Crippen molar-refractivity contribution in [2.75, 3.05) is 12.4 Å². The lowest BCUT2D eigenvalue weighted by atomic mass is 10.2. The van der Waals surface area contributed by atoms with Gasteiger partial charge in [0.25, 0.3) is 0 Å². The molecule has 0 spiro atoms. The number of hydrogen-bond donors (Lipinski definition) is 1. The van der Waals surface area contributed by atoms with Crippen LogP contribution in [-0.4, -0.2) is 23.8 Å². The van der Waals surface area contributed by atoms with Crippen LogP contribution >= 0.6 is 11.6 Å². The van der Waals surface area contributed by atoms with Crippen molar-refractivity contribution >= 4 is 29.1 Å². The van der Waals surface area contributed by atoms with Crippen molar-refractivity contribution in [1.82, 2.24) is 4.90 Å². The molecule has 0 saturated heterocycles. The Kier molecular flexibility index (Phi) is 5.55. The van der Waals surface area contributed by atoms with Crippen LogP contribution in [-0.2, 0) is 16.1 Å². The number of nitrogens with one attached hydrogen (secondary N) is 1. The molecular formula is C17H17ClN2O2. The lowest BCUT2D eigenvalue weighted by Crippen LogP contribution is -2.30. The molecular weight excluding hydrogens is 300 g/mol. The van der Waals surface area contributed by atoms with Gasteiger partial charge in [0.2, 0.25) is 11.8 Å². The van der Waals surface area contributed by atoms with E-state index in [1.807, 2.05) is 30.3 Å². The summed E-state index contributed by atoms with van der Waals surface area (Å²) >= 11 is 5.85. The Hall–Kier alpha value is -2.33. The first-order valence-electron chi connectivity index (χ1n) is 6.88. The highest BCUT2D eigenvalue weighted by atomic mass is 35.5. The summed E-state index contributed by atoms with van der Waals surface area (Å²) in [7, 11) is 1.68. The Balaban J connectivity index is 1.87. The molecule has 0 heterocycles. The number of halogens is 1. The van der Waals surface area contributed by atoms with Crippen LogP contribution in [0, 0.1) is 0 Å². The first kappa shape index (κ1) is 16.0. The lowest BCUT2D eigenvalue weighted by molar-refractivity contribution is -0.133.